The van der Waals surface area contributed by atoms with Gasteiger partial charge in [0.05, 0.1) is 0 Å². The third kappa shape index (κ3) is 3.97. The molecule has 0 atom stereocenters. The second-order valence-corrected chi connectivity index (χ2v) is 7.32. The summed E-state index contributed by atoms with van der Waals surface area (Å²) in [6.45, 7) is 11.4. The number of carboxylic acids is 1. The molecule has 0 radical (unpaired) electrons. The van der Waals surface area contributed by atoms with E-state index < -0.39 is 5.97 Å². The van der Waals surface area contributed by atoms with Crippen LogP contribution in [-0.4, -0.2) is 26.1 Å². The van der Waals surface area contributed by atoms with E-state index in [9.17, 15) is 9.90 Å². The molecule has 5 heteroatoms. The summed E-state index contributed by atoms with van der Waals surface area (Å²) in [5.74, 6) is -0.528. The molecule has 0 saturated heterocycles. The zero-order chi connectivity index (χ0) is 17.2. The highest BCUT2D eigenvalue weighted by atomic mass is 16.4. The molecule has 0 fully saturated rings. The molecule has 0 spiro atoms. The van der Waals surface area contributed by atoms with Crippen molar-refractivity contribution in [3.63, 3.8) is 0 Å². The van der Waals surface area contributed by atoms with E-state index in [0.717, 1.165) is 12.0 Å². The summed E-state index contributed by atoms with van der Waals surface area (Å²) in [5.41, 5.74) is 2.70. The fourth-order valence-electron chi connectivity index (χ4n) is 2.41. The lowest BCUT2D eigenvalue weighted by atomic mass is 9.86. The summed E-state index contributed by atoms with van der Waals surface area (Å²) in [7, 11) is 0. The lowest BCUT2D eigenvalue weighted by Gasteiger charge is -2.19. The highest BCUT2D eigenvalue weighted by molar-refractivity contribution is 5.92. The van der Waals surface area contributed by atoms with Gasteiger partial charge in [0.2, 0.25) is 0 Å². The fourth-order valence-corrected chi connectivity index (χ4v) is 2.41. The van der Waals surface area contributed by atoms with Gasteiger partial charge in [-0.2, -0.15) is 0 Å². The Morgan fingerprint density at radius 1 is 1.22 bits per heavy atom. The van der Waals surface area contributed by atoms with Crippen LogP contribution in [0.5, 0.6) is 0 Å². The van der Waals surface area contributed by atoms with E-state index in [1.807, 2.05) is 24.3 Å². The second-order valence-electron chi connectivity index (χ2n) is 7.32. The molecule has 0 unspecified atom stereocenters. The van der Waals surface area contributed by atoms with Crippen LogP contribution < -0.4 is 0 Å². The maximum Gasteiger partial charge on any atom is 0.358 e. The summed E-state index contributed by atoms with van der Waals surface area (Å²) in [6.07, 6.45) is 0.926. The van der Waals surface area contributed by atoms with Crippen molar-refractivity contribution in [2.24, 2.45) is 5.92 Å². The van der Waals surface area contributed by atoms with Gasteiger partial charge in [0.25, 0.3) is 0 Å². The summed E-state index contributed by atoms with van der Waals surface area (Å²) < 4.78 is 1.70. The van der Waals surface area contributed by atoms with Crippen LogP contribution in [0.25, 0.3) is 11.3 Å². The molecular weight excluding hydrogens is 290 g/mol. The third-order valence-corrected chi connectivity index (χ3v) is 3.88. The number of carbonyl (C=O) groups is 1. The number of benzene rings is 1. The summed E-state index contributed by atoms with van der Waals surface area (Å²) in [6, 6.07) is 8.00. The molecule has 2 aromatic rings. The van der Waals surface area contributed by atoms with E-state index in [1.165, 1.54) is 5.56 Å². The van der Waals surface area contributed by atoms with E-state index in [4.69, 9.17) is 0 Å². The van der Waals surface area contributed by atoms with Crippen LogP contribution in [0, 0.1) is 5.92 Å². The number of carboxylic acid groups (broad SMARTS) is 1. The smallest absolute Gasteiger partial charge is 0.358 e. The quantitative estimate of drug-likeness (QED) is 0.906. The highest BCUT2D eigenvalue weighted by Gasteiger charge is 2.21. The van der Waals surface area contributed by atoms with Crippen molar-refractivity contribution >= 4 is 5.97 Å². The Bertz CT molecular complexity index is 679. The Morgan fingerprint density at radius 3 is 2.30 bits per heavy atom. The lowest BCUT2D eigenvalue weighted by Crippen LogP contribution is -2.11. The number of hydrogen-bond donors (Lipinski definition) is 1. The van der Waals surface area contributed by atoms with E-state index in [2.05, 4.69) is 44.9 Å². The Balaban J connectivity index is 2.43. The number of hydrogen-bond acceptors (Lipinski definition) is 3. The van der Waals surface area contributed by atoms with Crippen molar-refractivity contribution < 1.29 is 9.90 Å². The summed E-state index contributed by atoms with van der Waals surface area (Å²) in [5, 5.41) is 17.3. The molecular formula is C18H25N3O2. The molecule has 124 valence electrons. The first-order valence-electron chi connectivity index (χ1n) is 7.98. The first kappa shape index (κ1) is 17.2. The van der Waals surface area contributed by atoms with Gasteiger partial charge < -0.3 is 5.11 Å². The van der Waals surface area contributed by atoms with Gasteiger partial charge in [-0.25, -0.2) is 9.48 Å². The number of nitrogens with zero attached hydrogens (tertiary/aromatic N) is 3. The van der Waals surface area contributed by atoms with Crippen molar-refractivity contribution in [3.8, 4) is 11.3 Å². The van der Waals surface area contributed by atoms with Crippen LogP contribution >= 0.6 is 0 Å². The Morgan fingerprint density at radius 2 is 1.83 bits per heavy atom. The highest BCUT2D eigenvalue weighted by Crippen LogP contribution is 2.27. The predicted octanol–water partition coefficient (Wildman–Crippen LogP) is 3.99. The zero-order valence-corrected chi connectivity index (χ0v) is 14.5. The molecule has 1 heterocycles. The van der Waals surface area contributed by atoms with Crippen LogP contribution in [0.1, 0.15) is 57.1 Å². The lowest BCUT2D eigenvalue weighted by molar-refractivity contribution is 0.0691. The average Bonchev–Trinajstić information content (AvgIpc) is 2.88. The van der Waals surface area contributed by atoms with E-state index in [0.29, 0.717) is 18.2 Å². The molecule has 0 saturated carbocycles. The molecule has 1 aromatic carbocycles. The molecule has 0 amide bonds. The number of aromatic nitrogens is 3. The monoisotopic (exact) mass is 315 g/mol. The normalized spacial score (nSPS) is 11.9. The van der Waals surface area contributed by atoms with Gasteiger partial charge in [-0.05, 0) is 23.3 Å². The minimum Gasteiger partial charge on any atom is -0.476 e. The Hall–Kier alpha value is -2.17. The van der Waals surface area contributed by atoms with Gasteiger partial charge in [0, 0.05) is 12.1 Å². The standard InChI is InChI=1S/C18H25N3O2/c1-12(2)10-11-21-16(15(17(22)23)19-20-21)13-6-8-14(9-7-13)18(3,4)5/h6-9,12H,10-11H2,1-5H3,(H,22,23). The minimum atomic E-state index is -1.05. The predicted molar refractivity (Wildman–Crippen MR) is 90.6 cm³/mol. The molecule has 23 heavy (non-hydrogen) atoms. The maximum absolute atomic E-state index is 11.5. The van der Waals surface area contributed by atoms with Crippen molar-refractivity contribution in [2.45, 2.75) is 53.0 Å². The molecule has 0 aliphatic rings. The van der Waals surface area contributed by atoms with Gasteiger partial charge >= 0.3 is 5.97 Å². The number of rotatable bonds is 5. The minimum absolute atomic E-state index is 0.0114. The van der Waals surface area contributed by atoms with Crippen molar-refractivity contribution in [1.29, 1.82) is 0 Å². The fraction of sp³-hybridized carbons (Fsp3) is 0.500. The molecule has 1 aromatic heterocycles. The molecule has 0 bridgehead atoms. The summed E-state index contributed by atoms with van der Waals surface area (Å²) in [4.78, 5) is 11.5. The van der Waals surface area contributed by atoms with Gasteiger partial charge in [0.15, 0.2) is 5.69 Å². The first-order chi connectivity index (χ1) is 10.7. The topological polar surface area (TPSA) is 68.0 Å². The molecule has 0 aliphatic carbocycles. The first-order valence-corrected chi connectivity index (χ1v) is 7.98. The van der Waals surface area contributed by atoms with Crippen LogP contribution in [0.3, 0.4) is 0 Å². The summed E-state index contributed by atoms with van der Waals surface area (Å²) >= 11 is 0. The Labute approximate surface area is 137 Å². The largest absolute Gasteiger partial charge is 0.476 e. The second kappa shape index (κ2) is 6.52. The van der Waals surface area contributed by atoms with Crippen molar-refractivity contribution in [2.75, 3.05) is 0 Å². The van der Waals surface area contributed by atoms with E-state index >= 15 is 0 Å². The van der Waals surface area contributed by atoms with Gasteiger partial charge in [-0.3, -0.25) is 0 Å². The van der Waals surface area contributed by atoms with Crippen LogP contribution in [0.2, 0.25) is 0 Å². The van der Waals surface area contributed by atoms with E-state index in [-0.39, 0.29) is 11.1 Å². The zero-order valence-electron chi connectivity index (χ0n) is 14.5. The van der Waals surface area contributed by atoms with Crippen molar-refractivity contribution in [3.05, 3.63) is 35.5 Å². The maximum atomic E-state index is 11.5. The van der Waals surface area contributed by atoms with Crippen LogP contribution in [0.4, 0.5) is 0 Å². The molecule has 0 aliphatic heterocycles. The molecule has 1 N–H and O–H groups in total. The number of aryl methyl sites for hydroxylation is 1. The SMILES string of the molecule is CC(C)CCn1nnc(C(=O)O)c1-c1ccc(C(C)(C)C)cc1. The molecule has 2 rings (SSSR count). The number of aromatic carboxylic acids is 1. The third-order valence-electron chi connectivity index (χ3n) is 3.88. The van der Waals surface area contributed by atoms with E-state index in [1.54, 1.807) is 4.68 Å². The van der Waals surface area contributed by atoms with Crippen LogP contribution in [0.15, 0.2) is 24.3 Å². The van der Waals surface area contributed by atoms with Gasteiger partial charge in [-0.1, -0.05) is 64.1 Å². The average molecular weight is 315 g/mol. The van der Waals surface area contributed by atoms with Crippen LogP contribution in [-0.2, 0) is 12.0 Å². The van der Waals surface area contributed by atoms with Crippen molar-refractivity contribution in [1.82, 2.24) is 15.0 Å². The van der Waals surface area contributed by atoms with Gasteiger partial charge in [-0.15, -0.1) is 5.10 Å². The Kier molecular flexibility index (Phi) is 4.88. The van der Waals surface area contributed by atoms with Gasteiger partial charge in [0.1, 0.15) is 5.69 Å². The molecule has 5 nitrogen and oxygen atoms in total.